The van der Waals surface area contributed by atoms with Crippen LogP contribution in [0.25, 0.3) is 0 Å². The van der Waals surface area contributed by atoms with Gasteiger partial charge in [0.25, 0.3) is 5.91 Å². The van der Waals surface area contributed by atoms with Crippen LogP contribution in [0.2, 0.25) is 0 Å². The van der Waals surface area contributed by atoms with Crippen LogP contribution >= 0.6 is 11.8 Å². The summed E-state index contributed by atoms with van der Waals surface area (Å²) in [6.07, 6.45) is 0. The molecule has 158 valence electrons. The quantitative estimate of drug-likeness (QED) is 0.389. The van der Waals surface area contributed by atoms with Gasteiger partial charge in [-0.3, -0.25) is 9.59 Å². The number of carbonyl (C=O) groups excluding carboxylic acids is 2. The Morgan fingerprint density at radius 3 is 2.39 bits per heavy atom. The molecule has 0 fully saturated rings. The Morgan fingerprint density at radius 1 is 0.903 bits per heavy atom. The van der Waals surface area contributed by atoms with Gasteiger partial charge in [0.1, 0.15) is 0 Å². The second-order valence-electron chi connectivity index (χ2n) is 7.05. The topological polar surface area (TPSA) is 70.6 Å². The number of aryl methyl sites for hydroxylation is 1. The Hall–Kier alpha value is -3.38. The van der Waals surface area contributed by atoms with Crippen molar-refractivity contribution in [1.29, 1.82) is 0 Å². The number of anilines is 1. The summed E-state index contributed by atoms with van der Waals surface area (Å²) in [6.45, 7) is 3.89. The predicted molar refractivity (Wildman–Crippen MR) is 129 cm³/mol. The molecule has 0 aliphatic heterocycles. The van der Waals surface area contributed by atoms with Crippen LogP contribution in [0.5, 0.6) is 0 Å². The summed E-state index contributed by atoms with van der Waals surface area (Å²) in [4.78, 5) is 24.5. The number of carbonyl (C=O) groups is 2. The zero-order valence-electron chi connectivity index (χ0n) is 17.6. The average Bonchev–Trinajstić information content (AvgIpc) is 2.79. The molecule has 0 aromatic heterocycles. The molecule has 0 saturated carbocycles. The van der Waals surface area contributed by atoms with Gasteiger partial charge in [-0.25, -0.2) is 5.43 Å². The van der Waals surface area contributed by atoms with Crippen molar-refractivity contribution < 1.29 is 9.59 Å². The van der Waals surface area contributed by atoms with E-state index in [1.165, 1.54) is 11.1 Å². The SMILES string of the molecule is C/C(=N/NC(=O)CSCc1ccccc1C)c1cccc(NC(=O)c2ccccc2)c1. The van der Waals surface area contributed by atoms with Crippen molar-refractivity contribution in [3.05, 3.63) is 101 Å². The largest absolute Gasteiger partial charge is 0.322 e. The van der Waals surface area contributed by atoms with Crippen LogP contribution in [0.15, 0.2) is 84.0 Å². The standard InChI is InChI=1S/C25H25N3O2S/c1-18-9-6-7-12-22(18)16-31-17-24(29)28-27-19(2)21-13-8-14-23(15-21)26-25(30)20-10-4-3-5-11-20/h3-15H,16-17H2,1-2H3,(H,26,30)(H,28,29)/b27-19-. The lowest BCUT2D eigenvalue weighted by Gasteiger charge is -2.08. The molecule has 0 aliphatic rings. The molecule has 6 heteroatoms. The van der Waals surface area contributed by atoms with Crippen molar-refractivity contribution in [2.24, 2.45) is 5.10 Å². The van der Waals surface area contributed by atoms with E-state index >= 15 is 0 Å². The normalized spacial score (nSPS) is 11.1. The average molecular weight is 432 g/mol. The third-order valence-electron chi connectivity index (χ3n) is 4.67. The summed E-state index contributed by atoms with van der Waals surface area (Å²) in [6, 6.07) is 24.6. The van der Waals surface area contributed by atoms with Crippen LogP contribution in [-0.2, 0) is 10.5 Å². The Balaban J connectivity index is 1.52. The first kappa shape index (κ1) is 22.3. The zero-order valence-corrected chi connectivity index (χ0v) is 18.4. The van der Waals surface area contributed by atoms with E-state index in [0.717, 1.165) is 11.3 Å². The smallest absolute Gasteiger partial charge is 0.255 e. The predicted octanol–water partition coefficient (Wildman–Crippen LogP) is 5.02. The maximum absolute atomic E-state index is 12.3. The van der Waals surface area contributed by atoms with Gasteiger partial charge in [-0.1, -0.05) is 54.6 Å². The van der Waals surface area contributed by atoms with E-state index in [4.69, 9.17) is 0 Å². The van der Waals surface area contributed by atoms with Crippen molar-refractivity contribution in [1.82, 2.24) is 5.43 Å². The molecule has 0 unspecified atom stereocenters. The van der Waals surface area contributed by atoms with Crippen LogP contribution in [-0.4, -0.2) is 23.3 Å². The van der Waals surface area contributed by atoms with E-state index in [2.05, 4.69) is 34.9 Å². The minimum atomic E-state index is -0.175. The number of thioether (sulfide) groups is 1. The van der Waals surface area contributed by atoms with Gasteiger partial charge in [-0.05, 0) is 54.8 Å². The minimum absolute atomic E-state index is 0.147. The van der Waals surface area contributed by atoms with Gasteiger partial charge in [0, 0.05) is 17.0 Å². The molecule has 31 heavy (non-hydrogen) atoms. The fourth-order valence-electron chi connectivity index (χ4n) is 2.88. The van der Waals surface area contributed by atoms with E-state index in [0.29, 0.717) is 22.7 Å². The minimum Gasteiger partial charge on any atom is -0.322 e. The highest BCUT2D eigenvalue weighted by Gasteiger charge is 2.07. The number of amides is 2. The van der Waals surface area contributed by atoms with Gasteiger partial charge in [-0.15, -0.1) is 11.8 Å². The lowest BCUT2D eigenvalue weighted by molar-refractivity contribution is -0.118. The number of hydrogen-bond acceptors (Lipinski definition) is 4. The van der Waals surface area contributed by atoms with Gasteiger partial charge in [0.2, 0.25) is 5.91 Å². The van der Waals surface area contributed by atoms with E-state index in [1.54, 1.807) is 23.9 Å². The molecule has 0 atom stereocenters. The lowest BCUT2D eigenvalue weighted by Crippen LogP contribution is -2.21. The van der Waals surface area contributed by atoms with Gasteiger partial charge >= 0.3 is 0 Å². The first-order chi connectivity index (χ1) is 15.0. The number of nitrogens with zero attached hydrogens (tertiary/aromatic N) is 1. The fourth-order valence-corrected chi connectivity index (χ4v) is 3.78. The number of nitrogens with one attached hydrogen (secondary N) is 2. The third kappa shape index (κ3) is 6.83. The van der Waals surface area contributed by atoms with Crippen LogP contribution in [0.4, 0.5) is 5.69 Å². The highest BCUT2D eigenvalue weighted by atomic mass is 32.2. The van der Waals surface area contributed by atoms with Crippen molar-refractivity contribution in [3.63, 3.8) is 0 Å². The maximum Gasteiger partial charge on any atom is 0.255 e. The Kier molecular flexibility index (Phi) is 8.01. The molecule has 0 saturated heterocycles. The molecular formula is C25H25N3O2S. The second-order valence-corrected chi connectivity index (χ2v) is 8.04. The Morgan fingerprint density at radius 2 is 1.61 bits per heavy atom. The number of hydrogen-bond donors (Lipinski definition) is 2. The highest BCUT2D eigenvalue weighted by Crippen LogP contribution is 2.16. The van der Waals surface area contributed by atoms with Crippen molar-refractivity contribution in [2.45, 2.75) is 19.6 Å². The lowest BCUT2D eigenvalue weighted by atomic mass is 10.1. The van der Waals surface area contributed by atoms with Crippen molar-refractivity contribution in [3.8, 4) is 0 Å². The summed E-state index contributed by atoms with van der Waals surface area (Å²) in [7, 11) is 0. The van der Waals surface area contributed by atoms with Crippen molar-refractivity contribution >= 4 is 35.0 Å². The number of rotatable bonds is 8. The molecule has 3 aromatic carbocycles. The zero-order chi connectivity index (χ0) is 22.1. The molecule has 2 N–H and O–H groups in total. The van der Waals surface area contributed by atoms with Crippen LogP contribution in [0.3, 0.4) is 0 Å². The number of hydrazone groups is 1. The molecule has 0 bridgehead atoms. The first-order valence-corrected chi connectivity index (χ1v) is 11.1. The number of benzene rings is 3. The van der Waals surface area contributed by atoms with E-state index < -0.39 is 0 Å². The van der Waals surface area contributed by atoms with Gasteiger partial charge in [0.15, 0.2) is 0 Å². The van der Waals surface area contributed by atoms with Gasteiger partial charge in [-0.2, -0.15) is 5.10 Å². The molecule has 3 rings (SSSR count). The van der Waals surface area contributed by atoms with Crippen LogP contribution < -0.4 is 10.7 Å². The first-order valence-electron chi connectivity index (χ1n) is 9.95. The fraction of sp³-hybridized carbons (Fsp3) is 0.160. The summed E-state index contributed by atoms with van der Waals surface area (Å²) in [5.41, 5.74) is 7.80. The molecule has 0 radical (unpaired) electrons. The molecule has 2 amide bonds. The van der Waals surface area contributed by atoms with Crippen LogP contribution in [0, 0.1) is 6.92 Å². The monoisotopic (exact) mass is 431 g/mol. The summed E-state index contributed by atoms with van der Waals surface area (Å²) < 4.78 is 0. The van der Waals surface area contributed by atoms with Crippen molar-refractivity contribution in [2.75, 3.05) is 11.1 Å². The summed E-state index contributed by atoms with van der Waals surface area (Å²) in [5.74, 6) is 0.794. The molecule has 0 heterocycles. The Labute approximate surface area is 187 Å². The van der Waals surface area contributed by atoms with Gasteiger partial charge < -0.3 is 5.32 Å². The highest BCUT2D eigenvalue weighted by molar-refractivity contribution is 7.99. The Bertz CT molecular complexity index is 1080. The summed E-state index contributed by atoms with van der Waals surface area (Å²) >= 11 is 1.55. The van der Waals surface area contributed by atoms with Crippen LogP contribution in [0.1, 0.15) is 34.0 Å². The van der Waals surface area contributed by atoms with Gasteiger partial charge in [0.05, 0.1) is 11.5 Å². The molecule has 0 spiro atoms. The summed E-state index contributed by atoms with van der Waals surface area (Å²) in [5, 5.41) is 7.09. The maximum atomic E-state index is 12.3. The van der Waals surface area contributed by atoms with E-state index in [1.807, 2.05) is 61.5 Å². The molecule has 0 aliphatic carbocycles. The van der Waals surface area contributed by atoms with E-state index in [9.17, 15) is 9.59 Å². The third-order valence-corrected chi connectivity index (χ3v) is 5.66. The molecular weight excluding hydrogens is 406 g/mol. The second kappa shape index (κ2) is 11.1. The molecule has 5 nitrogen and oxygen atoms in total. The van der Waals surface area contributed by atoms with E-state index in [-0.39, 0.29) is 11.8 Å². The molecule has 3 aromatic rings.